The molecule has 1 aliphatic rings. The monoisotopic (exact) mass is 214 g/mol. The smallest absolute Gasteiger partial charge is 0.324 e. The molecule has 1 saturated heterocycles. The Morgan fingerprint density at radius 2 is 2.27 bits per heavy atom. The Hall–Kier alpha value is -0.610. The van der Waals surface area contributed by atoms with Gasteiger partial charge in [0.2, 0.25) is 0 Å². The summed E-state index contributed by atoms with van der Waals surface area (Å²) < 4.78 is 0. The molecule has 3 N–H and O–H groups in total. The molecule has 4 nitrogen and oxygen atoms in total. The minimum absolute atomic E-state index is 0.450. The zero-order chi connectivity index (χ0) is 11.6. The van der Waals surface area contributed by atoms with Gasteiger partial charge in [0.1, 0.15) is 5.54 Å². The highest BCUT2D eigenvalue weighted by atomic mass is 16.4. The summed E-state index contributed by atoms with van der Waals surface area (Å²) in [5, 5.41) is 8.97. The topological polar surface area (TPSA) is 66.6 Å². The highest BCUT2D eigenvalue weighted by Gasteiger charge is 2.35. The second-order valence-electron chi connectivity index (χ2n) is 5.15. The fraction of sp³-hybridized carbons (Fsp3) is 0.909. The van der Waals surface area contributed by atoms with E-state index in [9.17, 15) is 4.79 Å². The van der Waals surface area contributed by atoms with Crippen LogP contribution in [0, 0.1) is 5.92 Å². The normalized spacial score (nSPS) is 26.9. The van der Waals surface area contributed by atoms with E-state index in [4.69, 9.17) is 10.8 Å². The predicted octanol–water partition coefficient (Wildman–Crippen LogP) is 0.909. The van der Waals surface area contributed by atoms with Gasteiger partial charge in [0.05, 0.1) is 0 Å². The quantitative estimate of drug-likeness (QED) is 0.730. The second-order valence-corrected chi connectivity index (χ2v) is 5.15. The van der Waals surface area contributed by atoms with Gasteiger partial charge in [-0.1, -0.05) is 13.8 Å². The number of carboxylic acid groups (broad SMARTS) is 1. The Morgan fingerprint density at radius 3 is 2.73 bits per heavy atom. The first-order valence-corrected chi connectivity index (χ1v) is 5.61. The van der Waals surface area contributed by atoms with Crippen LogP contribution in [0.5, 0.6) is 0 Å². The van der Waals surface area contributed by atoms with E-state index in [1.165, 1.54) is 0 Å². The Kier molecular flexibility index (Phi) is 3.73. The van der Waals surface area contributed by atoms with Crippen molar-refractivity contribution in [2.45, 2.75) is 45.2 Å². The van der Waals surface area contributed by atoms with E-state index in [2.05, 4.69) is 18.7 Å². The van der Waals surface area contributed by atoms with Crippen LogP contribution in [0.15, 0.2) is 0 Å². The van der Waals surface area contributed by atoms with Crippen LogP contribution >= 0.6 is 0 Å². The number of nitrogens with zero attached hydrogens (tertiary/aromatic N) is 1. The molecule has 1 heterocycles. The molecule has 0 aromatic carbocycles. The predicted molar refractivity (Wildman–Crippen MR) is 59.7 cm³/mol. The van der Waals surface area contributed by atoms with Crippen molar-refractivity contribution in [1.29, 1.82) is 0 Å². The van der Waals surface area contributed by atoms with E-state index in [0.29, 0.717) is 18.5 Å². The molecule has 15 heavy (non-hydrogen) atoms. The maximum Gasteiger partial charge on any atom is 0.324 e. The van der Waals surface area contributed by atoms with E-state index in [1.54, 1.807) is 6.92 Å². The summed E-state index contributed by atoms with van der Waals surface area (Å²) in [5.41, 5.74) is 4.63. The van der Waals surface area contributed by atoms with Crippen LogP contribution in [-0.4, -0.2) is 40.6 Å². The first kappa shape index (κ1) is 12.5. The molecule has 1 fully saturated rings. The van der Waals surface area contributed by atoms with Crippen LogP contribution in [0.25, 0.3) is 0 Å². The van der Waals surface area contributed by atoms with E-state index in [1.807, 2.05) is 0 Å². The van der Waals surface area contributed by atoms with Gasteiger partial charge >= 0.3 is 5.97 Å². The molecule has 0 aliphatic carbocycles. The van der Waals surface area contributed by atoms with Crippen LogP contribution < -0.4 is 5.73 Å². The Balaban J connectivity index is 2.61. The molecule has 1 aliphatic heterocycles. The van der Waals surface area contributed by atoms with Gasteiger partial charge in [-0.05, 0) is 32.2 Å². The molecule has 0 aromatic rings. The fourth-order valence-corrected chi connectivity index (χ4v) is 2.29. The van der Waals surface area contributed by atoms with Crippen molar-refractivity contribution in [3.8, 4) is 0 Å². The van der Waals surface area contributed by atoms with Gasteiger partial charge in [0, 0.05) is 12.6 Å². The van der Waals surface area contributed by atoms with Crippen molar-refractivity contribution in [2.75, 3.05) is 13.1 Å². The lowest BCUT2D eigenvalue weighted by atomic mass is 9.99. The first-order chi connectivity index (χ1) is 6.84. The summed E-state index contributed by atoms with van der Waals surface area (Å²) in [6.45, 7) is 7.37. The number of nitrogens with two attached hydrogens (primary N) is 1. The minimum atomic E-state index is -1.13. The lowest BCUT2D eigenvalue weighted by Crippen LogP contribution is -2.55. The number of rotatable bonds is 4. The molecule has 4 heteroatoms. The van der Waals surface area contributed by atoms with Gasteiger partial charge in [-0.2, -0.15) is 0 Å². The van der Waals surface area contributed by atoms with Crippen LogP contribution in [0.1, 0.15) is 33.6 Å². The summed E-state index contributed by atoms with van der Waals surface area (Å²) in [4.78, 5) is 13.2. The average molecular weight is 214 g/mol. The van der Waals surface area contributed by atoms with Crippen molar-refractivity contribution < 1.29 is 9.90 Å². The van der Waals surface area contributed by atoms with Crippen molar-refractivity contribution >= 4 is 5.97 Å². The number of likely N-dealkylation sites (tertiary alicyclic amines) is 1. The maximum atomic E-state index is 10.9. The Bertz CT molecular complexity index is 239. The van der Waals surface area contributed by atoms with Gasteiger partial charge in [0.15, 0.2) is 0 Å². The lowest BCUT2D eigenvalue weighted by molar-refractivity contribution is -0.143. The lowest BCUT2D eigenvalue weighted by Gasteiger charge is -2.32. The molecule has 0 radical (unpaired) electrons. The van der Waals surface area contributed by atoms with Crippen LogP contribution in [0.2, 0.25) is 0 Å². The van der Waals surface area contributed by atoms with Gasteiger partial charge in [-0.15, -0.1) is 0 Å². The van der Waals surface area contributed by atoms with Crippen molar-refractivity contribution in [3.05, 3.63) is 0 Å². The molecule has 0 saturated carbocycles. The van der Waals surface area contributed by atoms with E-state index < -0.39 is 11.5 Å². The molecule has 1 rings (SSSR count). The van der Waals surface area contributed by atoms with Crippen LogP contribution in [0.4, 0.5) is 0 Å². The Labute approximate surface area is 91.4 Å². The van der Waals surface area contributed by atoms with Crippen LogP contribution in [-0.2, 0) is 4.79 Å². The van der Waals surface area contributed by atoms with Gasteiger partial charge in [-0.3, -0.25) is 9.69 Å². The summed E-state index contributed by atoms with van der Waals surface area (Å²) in [7, 11) is 0. The molecule has 0 bridgehead atoms. The fourth-order valence-electron chi connectivity index (χ4n) is 2.29. The standard InChI is InChI=1S/C11H22N2O2/c1-8(2)9-5-4-6-13(9)7-11(3,12)10(14)15/h8-9H,4-7,12H2,1-3H3,(H,14,15). The number of carboxylic acids is 1. The maximum absolute atomic E-state index is 10.9. The highest BCUT2D eigenvalue weighted by molar-refractivity contribution is 5.78. The van der Waals surface area contributed by atoms with Gasteiger partial charge < -0.3 is 10.8 Å². The molecule has 2 atom stereocenters. The SMILES string of the molecule is CC(C)C1CCCN1CC(C)(N)C(=O)O. The zero-order valence-corrected chi connectivity index (χ0v) is 9.86. The zero-order valence-electron chi connectivity index (χ0n) is 9.86. The molecular formula is C11H22N2O2. The third-order valence-corrected chi connectivity index (χ3v) is 3.20. The second kappa shape index (κ2) is 4.49. The third-order valence-electron chi connectivity index (χ3n) is 3.20. The first-order valence-electron chi connectivity index (χ1n) is 5.61. The van der Waals surface area contributed by atoms with Crippen molar-refractivity contribution in [2.24, 2.45) is 11.7 Å². The molecule has 0 amide bonds. The number of carbonyl (C=O) groups is 1. The third kappa shape index (κ3) is 2.92. The number of hydrogen-bond acceptors (Lipinski definition) is 3. The summed E-state index contributed by atoms with van der Waals surface area (Å²) >= 11 is 0. The van der Waals surface area contributed by atoms with E-state index in [-0.39, 0.29) is 0 Å². The molecule has 0 spiro atoms. The van der Waals surface area contributed by atoms with Gasteiger partial charge in [0.25, 0.3) is 0 Å². The van der Waals surface area contributed by atoms with Gasteiger partial charge in [-0.25, -0.2) is 0 Å². The van der Waals surface area contributed by atoms with Crippen LogP contribution in [0.3, 0.4) is 0 Å². The molecule has 88 valence electrons. The molecule has 2 unspecified atom stereocenters. The van der Waals surface area contributed by atoms with E-state index >= 15 is 0 Å². The largest absolute Gasteiger partial charge is 0.480 e. The number of aliphatic carboxylic acids is 1. The molecule has 0 aromatic heterocycles. The van der Waals surface area contributed by atoms with Crippen molar-refractivity contribution in [1.82, 2.24) is 4.90 Å². The highest BCUT2D eigenvalue weighted by Crippen LogP contribution is 2.24. The van der Waals surface area contributed by atoms with Crippen molar-refractivity contribution in [3.63, 3.8) is 0 Å². The minimum Gasteiger partial charge on any atom is -0.480 e. The summed E-state index contributed by atoms with van der Waals surface area (Å²) in [6, 6.07) is 0.493. The molecular weight excluding hydrogens is 192 g/mol. The summed E-state index contributed by atoms with van der Waals surface area (Å²) in [6.07, 6.45) is 2.31. The average Bonchev–Trinajstić information content (AvgIpc) is 2.51. The Morgan fingerprint density at radius 1 is 1.67 bits per heavy atom. The summed E-state index contributed by atoms with van der Waals surface area (Å²) in [5.74, 6) is -0.353. The van der Waals surface area contributed by atoms with E-state index in [0.717, 1.165) is 19.4 Å². The number of hydrogen-bond donors (Lipinski definition) is 2.